The molecule has 2 bridgehead atoms. The molecule has 2 aliphatic rings. The second kappa shape index (κ2) is 10.1. The summed E-state index contributed by atoms with van der Waals surface area (Å²) >= 11 is 0. The number of hydrogen-bond donors (Lipinski definition) is 2. The first-order chi connectivity index (χ1) is 14.1. The molecule has 3 rings (SSSR count). The van der Waals surface area contributed by atoms with Crippen molar-refractivity contribution in [1.29, 1.82) is 10.5 Å². The number of likely N-dealkylation sites (tertiary alicyclic amines) is 2. The summed E-state index contributed by atoms with van der Waals surface area (Å²) in [6.07, 6.45) is 0.828. The molecule has 0 aromatic heterocycles. The Morgan fingerprint density at radius 3 is 2.52 bits per heavy atom. The van der Waals surface area contributed by atoms with Crippen LogP contribution in [0.25, 0.3) is 0 Å². The molecule has 2 N–H and O–H groups in total. The number of fused-ring (bicyclic) bond motifs is 2. The highest BCUT2D eigenvalue weighted by Gasteiger charge is 2.36. The van der Waals surface area contributed by atoms with Crippen molar-refractivity contribution in [3.8, 4) is 17.9 Å². The predicted molar refractivity (Wildman–Crippen MR) is 106 cm³/mol. The molecule has 0 spiro atoms. The van der Waals surface area contributed by atoms with E-state index in [1.807, 2.05) is 11.0 Å². The molecular formula is C21H27N5O3. The number of β-amino-alcohol motifs (C(OH)–C–C–N with tert-alkyl or cyclic N) is 1. The number of aliphatic hydroxyl groups excluding tert-OH is 1. The van der Waals surface area contributed by atoms with E-state index in [0.717, 1.165) is 19.5 Å². The van der Waals surface area contributed by atoms with Crippen LogP contribution < -0.4 is 10.1 Å². The van der Waals surface area contributed by atoms with E-state index >= 15 is 0 Å². The maximum Gasteiger partial charge on any atom is 0.317 e. The van der Waals surface area contributed by atoms with Gasteiger partial charge in [-0.25, -0.2) is 4.79 Å². The number of nitrogens with one attached hydrogen (secondary N) is 1. The lowest BCUT2D eigenvalue weighted by Crippen LogP contribution is -2.57. The number of ether oxygens (including phenoxy) is 1. The van der Waals surface area contributed by atoms with Crippen molar-refractivity contribution in [3.63, 3.8) is 0 Å². The van der Waals surface area contributed by atoms with E-state index in [4.69, 9.17) is 15.3 Å². The number of carbonyl (C=O) groups is 1. The van der Waals surface area contributed by atoms with E-state index in [0.29, 0.717) is 55.7 Å². The fourth-order valence-corrected chi connectivity index (χ4v) is 4.21. The maximum atomic E-state index is 12.2. The van der Waals surface area contributed by atoms with Gasteiger partial charge in [-0.3, -0.25) is 4.90 Å². The van der Waals surface area contributed by atoms with Crippen LogP contribution in [0.3, 0.4) is 0 Å². The molecule has 1 aromatic carbocycles. The fourth-order valence-electron chi connectivity index (χ4n) is 4.21. The van der Waals surface area contributed by atoms with Crippen LogP contribution in [-0.2, 0) is 0 Å². The Hall–Kier alpha value is -2.81. The van der Waals surface area contributed by atoms with E-state index in [1.54, 1.807) is 24.3 Å². The van der Waals surface area contributed by atoms with Gasteiger partial charge in [0.15, 0.2) is 0 Å². The van der Waals surface area contributed by atoms with Crippen LogP contribution in [0.2, 0.25) is 0 Å². The highest BCUT2D eigenvalue weighted by Crippen LogP contribution is 2.28. The van der Waals surface area contributed by atoms with Gasteiger partial charge in [0.05, 0.1) is 24.1 Å². The van der Waals surface area contributed by atoms with Gasteiger partial charge in [-0.05, 0) is 42.5 Å². The van der Waals surface area contributed by atoms with Crippen molar-refractivity contribution in [3.05, 3.63) is 29.8 Å². The zero-order chi connectivity index (χ0) is 20.6. The van der Waals surface area contributed by atoms with Crippen molar-refractivity contribution in [1.82, 2.24) is 15.1 Å². The summed E-state index contributed by atoms with van der Waals surface area (Å²) in [5.74, 6) is 1.43. The topological polar surface area (TPSA) is 113 Å². The Morgan fingerprint density at radius 2 is 1.90 bits per heavy atom. The standard InChI is InChI=1S/C21H27N5O3/c22-6-1-7-24-21(28)26-12-17-8-18(13-26)11-25(10-17)14-19(27)15-29-20-4-2-16(9-23)3-5-20/h2-5,17-19,27H,1,7-8,10-15H2,(H,24,28). The summed E-state index contributed by atoms with van der Waals surface area (Å²) in [7, 11) is 0. The third kappa shape index (κ3) is 6.08. The summed E-state index contributed by atoms with van der Waals surface area (Å²) in [4.78, 5) is 16.4. The van der Waals surface area contributed by atoms with Gasteiger partial charge >= 0.3 is 6.03 Å². The minimum absolute atomic E-state index is 0.0840. The number of piperidine rings is 2. The van der Waals surface area contributed by atoms with Crippen molar-refractivity contribution in [2.45, 2.75) is 18.9 Å². The molecule has 0 radical (unpaired) electrons. The van der Waals surface area contributed by atoms with Gasteiger partial charge in [-0.1, -0.05) is 0 Å². The van der Waals surface area contributed by atoms with E-state index < -0.39 is 6.10 Å². The molecule has 3 atom stereocenters. The Kier molecular flexibility index (Phi) is 7.29. The molecule has 3 unspecified atom stereocenters. The average molecular weight is 397 g/mol. The molecule has 2 heterocycles. The number of rotatable bonds is 7. The quantitative estimate of drug-likeness (QED) is 0.668. The molecule has 2 fully saturated rings. The molecular weight excluding hydrogens is 370 g/mol. The lowest BCUT2D eigenvalue weighted by Gasteiger charge is -2.46. The van der Waals surface area contributed by atoms with Gasteiger partial charge in [0.25, 0.3) is 0 Å². The minimum Gasteiger partial charge on any atom is -0.491 e. The van der Waals surface area contributed by atoms with Crippen molar-refractivity contribution >= 4 is 6.03 Å². The number of hydrogen-bond acceptors (Lipinski definition) is 6. The summed E-state index contributed by atoms with van der Waals surface area (Å²) in [6, 6.07) is 10.8. The zero-order valence-corrected chi connectivity index (χ0v) is 16.5. The smallest absolute Gasteiger partial charge is 0.317 e. The van der Waals surface area contributed by atoms with Crippen molar-refractivity contribution < 1.29 is 14.6 Å². The Labute approximate surface area is 171 Å². The Bertz CT molecular complexity index is 756. The molecule has 2 saturated heterocycles. The third-order valence-electron chi connectivity index (χ3n) is 5.35. The first-order valence-corrected chi connectivity index (χ1v) is 10.0. The van der Waals surface area contributed by atoms with Crippen LogP contribution >= 0.6 is 0 Å². The third-order valence-corrected chi connectivity index (χ3v) is 5.35. The van der Waals surface area contributed by atoms with Gasteiger partial charge < -0.3 is 20.1 Å². The van der Waals surface area contributed by atoms with Crippen LogP contribution in [0.5, 0.6) is 5.75 Å². The number of nitrogens with zero attached hydrogens (tertiary/aromatic N) is 4. The molecule has 8 nitrogen and oxygen atoms in total. The number of amides is 2. The molecule has 0 saturated carbocycles. The molecule has 29 heavy (non-hydrogen) atoms. The van der Waals surface area contributed by atoms with Gasteiger partial charge in [0.1, 0.15) is 18.5 Å². The van der Waals surface area contributed by atoms with Gasteiger partial charge in [0.2, 0.25) is 0 Å². The lowest BCUT2D eigenvalue weighted by atomic mass is 9.84. The van der Waals surface area contributed by atoms with Gasteiger partial charge in [0, 0.05) is 39.3 Å². The zero-order valence-electron chi connectivity index (χ0n) is 16.5. The minimum atomic E-state index is -0.602. The number of nitriles is 2. The number of benzene rings is 1. The van der Waals surface area contributed by atoms with Crippen LogP contribution in [-0.4, -0.2) is 72.9 Å². The second-order valence-electron chi connectivity index (χ2n) is 7.83. The average Bonchev–Trinajstić information content (AvgIpc) is 2.72. The fraction of sp³-hybridized carbons (Fsp3) is 0.571. The summed E-state index contributed by atoms with van der Waals surface area (Å²) in [6.45, 7) is 4.26. The molecule has 8 heteroatoms. The van der Waals surface area contributed by atoms with Crippen LogP contribution in [0.4, 0.5) is 4.79 Å². The van der Waals surface area contributed by atoms with E-state index in [2.05, 4.69) is 16.3 Å². The van der Waals surface area contributed by atoms with Crippen molar-refractivity contribution in [2.75, 3.05) is 45.9 Å². The summed E-state index contributed by atoms with van der Waals surface area (Å²) in [5.41, 5.74) is 0.575. The molecule has 1 aromatic rings. The van der Waals surface area contributed by atoms with Crippen molar-refractivity contribution in [2.24, 2.45) is 11.8 Å². The number of aliphatic hydroxyl groups is 1. The lowest BCUT2D eigenvalue weighted by molar-refractivity contribution is 0.00923. The molecule has 2 aliphatic heterocycles. The largest absolute Gasteiger partial charge is 0.491 e. The van der Waals surface area contributed by atoms with E-state index in [1.165, 1.54) is 0 Å². The first kappa shape index (κ1) is 20.9. The van der Waals surface area contributed by atoms with Gasteiger partial charge in [-0.2, -0.15) is 10.5 Å². The normalized spacial score (nSPS) is 22.2. The predicted octanol–water partition coefficient (Wildman–Crippen LogP) is 1.17. The summed E-state index contributed by atoms with van der Waals surface area (Å²) in [5, 5.41) is 30.6. The van der Waals surface area contributed by atoms with Crippen LogP contribution in [0, 0.1) is 34.5 Å². The summed E-state index contributed by atoms with van der Waals surface area (Å²) < 4.78 is 5.63. The van der Waals surface area contributed by atoms with E-state index in [9.17, 15) is 9.90 Å². The number of urea groups is 1. The van der Waals surface area contributed by atoms with Crippen LogP contribution in [0.15, 0.2) is 24.3 Å². The molecule has 154 valence electrons. The Morgan fingerprint density at radius 1 is 1.21 bits per heavy atom. The highest BCUT2D eigenvalue weighted by atomic mass is 16.5. The highest BCUT2D eigenvalue weighted by molar-refractivity contribution is 5.74. The number of carbonyl (C=O) groups excluding carboxylic acids is 1. The molecule has 0 aliphatic carbocycles. The van der Waals surface area contributed by atoms with Crippen LogP contribution in [0.1, 0.15) is 18.4 Å². The maximum absolute atomic E-state index is 12.2. The Balaban J connectivity index is 1.41. The SMILES string of the molecule is N#CCCNC(=O)N1CC2CC(CN(CC(O)COc3ccc(C#N)cc3)C2)C1. The monoisotopic (exact) mass is 397 g/mol. The second-order valence-corrected chi connectivity index (χ2v) is 7.83. The van der Waals surface area contributed by atoms with Gasteiger partial charge in [-0.15, -0.1) is 0 Å². The van der Waals surface area contributed by atoms with E-state index in [-0.39, 0.29) is 12.6 Å². The first-order valence-electron chi connectivity index (χ1n) is 10.0. The molecule has 2 amide bonds.